The predicted molar refractivity (Wildman–Crippen MR) is 136 cm³/mol. The van der Waals surface area contributed by atoms with Crippen LogP contribution in [0.15, 0.2) is 47.4 Å². The first-order valence-corrected chi connectivity index (χ1v) is 14.2. The maximum Gasteiger partial charge on any atom is 0.240 e. The van der Waals surface area contributed by atoms with E-state index in [9.17, 15) is 18.3 Å². The first kappa shape index (κ1) is 25.8. The Kier molecular flexibility index (Phi) is 8.59. The Bertz CT molecular complexity index is 1110. The normalized spacial score (nSPS) is 19.7. The number of nitrogens with one attached hydrogen (secondary N) is 2. The van der Waals surface area contributed by atoms with Gasteiger partial charge >= 0.3 is 0 Å². The topological polar surface area (TPSA) is 98.7 Å². The molecule has 4 rings (SSSR count). The molecular weight excluding hydrogens is 462 g/mol. The molecule has 1 heterocycles. The van der Waals surface area contributed by atoms with Gasteiger partial charge in [-0.25, -0.2) is 13.1 Å². The minimum Gasteiger partial charge on any atom is -0.395 e. The Morgan fingerprint density at radius 3 is 2.54 bits per heavy atom. The SMILES string of the molecule is Cc1ccc(S(=O)(=O)N[C@H](CO)CC(=O)N[C@@H]2CCCc3cc(CN4CCCCC4)ccc32)cc1. The molecule has 2 aliphatic rings. The van der Waals surface area contributed by atoms with Gasteiger partial charge in [-0.1, -0.05) is 42.3 Å². The zero-order chi connectivity index (χ0) is 24.8. The highest BCUT2D eigenvalue weighted by Gasteiger charge is 2.26. The molecule has 8 heteroatoms. The van der Waals surface area contributed by atoms with Crippen molar-refractivity contribution in [2.75, 3.05) is 19.7 Å². The molecule has 2 atom stereocenters. The highest BCUT2D eigenvalue weighted by Crippen LogP contribution is 2.31. The van der Waals surface area contributed by atoms with Crippen LogP contribution in [0.4, 0.5) is 0 Å². The Balaban J connectivity index is 1.36. The van der Waals surface area contributed by atoms with Crippen molar-refractivity contribution in [3.05, 3.63) is 64.7 Å². The van der Waals surface area contributed by atoms with E-state index in [4.69, 9.17) is 0 Å². The molecule has 35 heavy (non-hydrogen) atoms. The van der Waals surface area contributed by atoms with Crippen LogP contribution in [0.3, 0.4) is 0 Å². The lowest BCUT2D eigenvalue weighted by Crippen LogP contribution is -2.42. The summed E-state index contributed by atoms with van der Waals surface area (Å²) in [6, 6.07) is 12.1. The number of fused-ring (bicyclic) bond motifs is 1. The number of likely N-dealkylation sites (tertiary alicyclic amines) is 1. The van der Waals surface area contributed by atoms with Crippen molar-refractivity contribution in [3.63, 3.8) is 0 Å². The summed E-state index contributed by atoms with van der Waals surface area (Å²) in [5, 5.41) is 12.8. The van der Waals surface area contributed by atoms with E-state index in [1.54, 1.807) is 12.1 Å². The average Bonchev–Trinajstić information content (AvgIpc) is 2.84. The molecule has 190 valence electrons. The Hall–Kier alpha value is -2.26. The van der Waals surface area contributed by atoms with Crippen molar-refractivity contribution in [1.29, 1.82) is 0 Å². The molecule has 1 aliphatic carbocycles. The fourth-order valence-electron chi connectivity index (χ4n) is 5.12. The van der Waals surface area contributed by atoms with Crippen LogP contribution >= 0.6 is 0 Å². The van der Waals surface area contributed by atoms with Gasteiger partial charge in [-0.3, -0.25) is 9.69 Å². The lowest BCUT2D eigenvalue weighted by molar-refractivity contribution is -0.122. The molecule has 7 nitrogen and oxygen atoms in total. The number of sulfonamides is 1. The van der Waals surface area contributed by atoms with Crippen LogP contribution in [0.5, 0.6) is 0 Å². The molecule has 1 saturated heterocycles. The summed E-state index contributed by atoms with van der Waals surface area (Å²) >= 11 is 0. The number of hydrogen-bond donors (Lipinski definition) is 3. The number of aryl methyl sites for hydroxylation is 2. The van der Waals surface area contributed by atoms with Crippen molar-refractivity contribution >= 4 is 15.9 Å². The summed E-state index contributed by atoms with van der Waals surface area (Å²) in [7, 11) is -3.83. The van der Waals surface area contributed by atoms with Crippen molar-refractivity contribution in [2.45, 2.75) is 75.4 Å². The van der Waals surface area contributed by atoms with Crippen LogP contribution in [0, 0.1) is 6.92 Å². The van der Waals surface area contributed by atoms with E-state index >= 15 is 0 Å². The molecule has 0 bridgehead atoms. The van der Waals surface area contributed by atoms with Gasteiger partial charge in [-0.2, -0.15) is 0 Å². The van der Waals surface area contributed by atoms with Crippen molar-refractivity contribution in [3.8, 4) is 0 Å². The maximum absolute atomic E-state index is 12.8. The van der Waals surface area contributed by atoms with Crippen LogP contribution in [0.25, 0.3) is 0 Å². The van der Waals surface area contributed by atoms with Crippen molar-refractivity contribution in [2.24, 2.45) is 0 Å². The van der Waals surface area contributed by atoms with Gasteiger partial charge in [0.2, 0.25) is 15.9 Å². The summed E-state index contributed by atoms with van der Waals surface area (Å²) in [5.41, 5.74) is 4.71. The van der Waals surface area contributed by atoms with Crippen LogP contribution in [-0.2, 0) is 27.8 Å². The van der Waals surface area contributed by atoms with E-state index in [1.165, 1.54) is 42.5 Å². The van der Waals surface area contributed by atoms with Gasteiger partial charge in [0.25, 0.3) is 0 Å². The van der Waals surface area contributed by atoms with Gasteiger partial charge in [0.05, 0.1) is 23.6 Å². The van der Waals surface area contributed by atoms with Crippen LogP contribution in [0.1, 0.15) is 66.8 Å². The standard InChI is InChI=1S/C27H37N3O4S/c1-20-8-11-24(12-9-20)35(33,34)29-23(19-31)17-27(32)28-26-7-5-6-22-16-21(10-13-25(22)26)18-30-14-3-2-4-15-30/h8-13,16,23,26,29,31H,2-7,14-15,17-19H2,1H3,(H,28,32)/t23-,26+/m0/s1. The van der Waals surface area contributed by atoms with E-state index in [0.717, 1.165) is 50.0 Å². The molecular formula is C27H37N3O4S. The molecule has 0 unspecified atom stereocenters. The third kappa shape index (κ3) is 6.91. The number of benzene rings is 2. The molecule has 3 N–H and O–H groups in total. The van der Waals surface area contributed by atoms with Crippen LogP contribution in [0.2, 0.25) is 0 Å². The zero-order valence-electron chi connectivity index (χ0n) is 20.5. The minimum absolute atomic E-state index is 0.0941. The molecule has 0 radical (unpaired) electrons. The minimum atomic E-state index is -3.83. The zero-order valence-corrected chi connectivity index (χ0v) is 21.3. The number of aliphatic hydroxyl groups is 1. The fraction of sp³-hybridized carbons (Fsp3) is 0.519. The Morgan fingerprint density at radius 1 is 1.09 bits per heavy atom. The second-order valence-corrected chi connectivity index (χ2v) is 11.6. The first-order chi connectivity index (χ1) is 16.8. The van der Waals surface area contributed by atoms with E-state index in [0.29, 0.717) is 0 Å². The van der Waals surface area contributed by atoms with E-state index in [1.807, 2.05) is 6.92 Å². The highest BCUT2D eigenvalue weighted by molar-refractivity contribution is 7.89. The van der Waals surface area contributed by atoms with Gasteiger partial charge < -0.3 is 10.4 Å². The molecule has 2 aromatic carbocycles. The second kappa shape index (κ2) is 11.6. The largest absolute Gasteiger partial charge is 0.395 e. The molecule has 1 aliphatic heterocycles. The van der Waals surface area contributed by atoms with Crippen LogP contribution < -0.4 is 10.0 Å². The molecule has 0 aromatic heterocycles. The lowest BCUT2D eigenvalue weighted by atomic mass is 9.86. The number of piperidine rings is 1. The third-order valence-corrected chi connectivity index (χ3v) is 8.55. The number of carbonyl (C=O) groups excluding carboxylic acids is 1. The van der Waals surface area contributed by atoms with Crippen LogP contribution in [-0.4, -0.2) is 50.1 Å². The molecule has 0 spiro atoms. The number of carbonyl (C=O) groups is 1. The van der Waals surface area contributed by atoms with Gasteiger partial charge in [-0.15, -0.1) is 0 Å². The summed E-state index contributed by atoms with van der Waals surface area (Å²) in [6.45, 7) is 4.72. The summed E-state index contributed by atoms with van der Waals surface area (Å²) in [6.07, 6.45) is 6.60. The van der Waals surface area contributed by atoms with E-state index in [-0.39, 0.29) is 23.3 Å². The van der Waals surface area contributed by atoms with Gasteiger partial charge in [-0.05, 0) is 80.9 Å². The highest BCUT2D eigenvalue weighted by atomic mass is 32.2. The molecule has 0 saturated carbocycles. The quantitative estimate of drug-likeness (QED) is 0.492. The van der Waals surface area contributed by atoms with E-state index in [2.05, 4.69) is 33.1 Å². The number of nitrogens with zero attached hydrogens (tertiary/aromatic N) is 1. The predicted octanol–water partition coefficient (Wildman–Crippen LogP) is 3.20. The Morgan fingerprint density at radius 2 is 1.83 bits per heavy atom. The van der Waals surface area contributed by atoms with Crippen molar-refractivity contribution in [1.82, 2.24) is 14.9 Å². The molecule has 2 aromatic rings. The summed E-state index contributed by atoms with van der Waals surface area (Å²) in [4.78, 5) is 15.5. The fourth-order valence-corrected chi connectivity index (χ4v) is 6.34. The third-order valence-electron chi connectivity index (χ3n) is 7.02. The lowest BCUT2D eigenvalue weighted by Gasteiger charge is -2.29. The van der Waals surface area contributed by atoms with Crippen molar-refractivity contribution < 1.29 is 18.3 Å². The second-order valence-electron chi connectivity index (χ2n) is 9.90. The van der Waals surface area contributed by atoms with E-state index < -0.39 is 22.7 Å². The number of hydrogen-bond acceptors (Lipinski definition) is 5. The maximum atomic E-state index is 12.8. The first-order valence-electron chi connectivity index (χ1n) is 12.7. The summed E-state index contributed by atoms with van der Waals surface area (Å²) < 4.78 is 27.8. The molecule has 1 fully saturated rings. The monoisotopic (exact) mass is 499 g/mol. The smallest absolute Gasteiger partial charge is 0.240 e. The number of rotatable bonds is 9. The van der Waals surface area contributed by atoms with Gasteiger partial charge in [0.1, 0.15) is 0 Å². The average molecular weight is 500 g/mol. The summed E-state index contributed by atoms with van der Waals surface area (Å²) in [5.74, 6) is -0.272. The Labute approximate surface area is 209 Å². The van der Waals surface area contributed by atoms with Gasteiger partial charge in [0.15, 0.2) is 0 Å². The number of amides is 1. The number of aliphatic hydroxyl groups excluding tert-OH is 1. The molecule has 1 amide bonds. The van der Waals surface area contributed by atoms with Gasteiger partial charge in [0, 0.05) is 13.0 Å².